The summed E-state index contributed by atoms with van der Waals surface area (Å²) in [6.07, 6.45) is 69.9. The fourth-order valence-corrected chi connectivity index (χ4v) is 7.72. The molecule has 0 N–H and O–H groups in total. The molecule has 0 radical (unpaired) electrons. The third kappa shape index (κ3) is 51.6. The van der Waals surface area contributed by atoms with Crippen molar-refractivity contribution in [3.63, 3.8) is 0 Å². The van der Waals surface area contributed by atoms with E-state index in [1.165, 1.54) is 148 Å². The van der Waals surface area contributed by atoms with Crippen LogP contribution in [0.25, 0.3) is 0 Å². The van der Waals surface area contributed by atoms with Gasteiger partial charge in [0.15, 0.2) is 6.10 Å². The van der Waals surface area contributed by atoms with Crippen molar-refractivity contribution >= 4 is 17.9 Å². The van der Waals surface area contributed by atoms with Crippen molar-refractivity contribution < 1.29 is 28.6 Å². The average molecular weight is 919 g/mol. The van der Waals surface area contributed by atoms with Gasteiger partial charge in [-0.3, -0.25) is 14.4 Å². The Morgan fingerprint density at radius 1 is 0.318 bits per heavy atom. The fraction of sp³-hybridized carbons (Fsp3) is 0.717. The molecule has 1 unspecified atom stereocenters. The molecule has 0 rings (SSSR count). The second-order valence-electron chi connectivity index (χ2n) is 18.3. The summed E-state index contributed by atoms with van der Waals surface area (Å²) in [5.74, 6) is -0.928. The van der Waals surface area contributed by atoms with Crippen molar-refractivity contribution in [2.75, 3.05) is 13.2 Å². The molecule has 0 aromatic rings. The number of carbonyl (C=O) groups excluding carboxylic acids is 3. The molecule has 0 aliphatic heterocycles. The monoisotopic (exact) mass is 919 g/mol. The Morgan fingerprint density at radius 3 is 0.924 bits per heavy atom. The van der Waals surface area contributed by atoms with Crippen LogP contribution in [0.3, 0.4) is 0 Å². The van der Waals surface area contributed by atoms with Crippen molar-refractivity contribution in [2.45, 2.75) is 264 Å². The van der Waals surface area contributed by atoms with Gasteiger partial charge >= 0.3 is 17.9 Å². The molecular weight excluding hydrogens is 817 g/mol. The van der Waals surface area contributed by atoms with Crippen molar-refractivity contribution in [3.8, 4) is 0 Å². The Morgan fingerprint density at radius 2 is 0.591 bits per heavy atom. The summed E-state index contributed by atoms with van der Waals surface area (Å²) < 4.78 is 16.8. The SMILES string of the molecule is CC\C=C/C=C\C=C/C=C\C=C\C=C/C=C\CCCCCC(=O)OCC(COC(=O)CCCCCCCCCCCCC)OC(=O)CCCCCCCCCCCCCCCCCCCC. The average Bonchev–Trinajstić information content (AvgIpc) is 3.31. The van der Waals surface area contributed by atoms with Crippen LogP contribution in [0.5, 0.6) is 0 Å². The number of esters is 3. The largest absolute Gasteiger partial charge is 0.462 e. The second kappa shape index (κ2) is 54.2. The third-order valence-electron chi connectivity index (χ3n) is 11.9. The minimum atomic E-state index is -0.792. The highest BCUT2D eigenvalue weighted by Gasteiger charge is 2.19. The summed E-state index contributed by atoms with van der Waals surface area (Å²) in [5, 5.41) is 0. The van der Waals surface area contributed by atoms with Crippen LogP contribution in [-0.4, -0.2) is 37.2 Å². The Balaban J connectivity index is 4.43. The summed E-state index contributed by atoms with van der Waals surface area (Å²) in [6, 6.07) is 0. The van der Waals surface area contributed by atoms with Crippen molar-refractivity contribution in [3.05, 3.63) is 85.1 Å². The van der Waals surface area contributed by atoms with Gasteiger partial charge < -0.3 is 14.2 Å². The molecule has 6 heteroatoms. The van der Waals surface area contributed by atoms with Gasteiger partial charge in [0.05, 0.1) is 0 Å². The van der Waals surface area contributed by atoms with Gasteiger partial charge in [-0.15, -0.1) is 0 Å². The number of allylic oxidation sites excluding steroid dienone is 14. The number of rotatable bonds is 49. The molecule has 0 aromatic heterocycles. The normalized spacial score (nSPS) is 12.7. The van der Waals surface area contributed by atoms with Gasteiger partial charge in [-0.1, -0.05) is 286 Å². The quantitative estimate of drug-likeness (QED) is 0.0262. The molecule has 0 fully saturated rings. The Labute approximate surface area is 407 Å². The van der Waals surface area contributed by atoms with Crippen LogP contribution in [-0.2, 0) is 28.6 Å². The van der Waals surface area contributed by atoms with E-state index in [1.807, 2.05) is 72.9 Å². The first-order valence-corrected chi connectivity index (χ1v) is 27.7. The summed E-state index contributed by atoms with van der Waals surface area (Å²) in [4.78, 5) is 38.1. The van der Waals surface area contributed by atoms with Gasteiger partial charge in [-0.05, 0) is 38.5 Å². The van der Waals surface area contributed by atoms with Crippen LogP contribution in [0.1, 0.15) is 258 Å². The van der Waals surface area contributed by atoms with E-state index in [4.69, 9.17) is 14.2 Å². The first-order valence-electron chi connectivity index (χ1n) is 27.7. The zero-order valence-corrected chi connectivity index (χ0v) is 43.2. The fourth-order valence-electron chi connectivity index (χ4n) is 7.72. The van der Waals surface area contributed by atoms with Gasteiger partial charge in [0.1, 0.15) is 13.2 Å². The molecule has 0 amide bonds. The highest BCUT2D eigenvalue weighted by atomic mass is 16.6. The molecule has 1 atom stereocenters. The highest BCUT2D eigenvalue weighted by Crippen LogP contribution is 2.16. The zero-order chi connectivity index (χ0) is 47.9. The topological polar surface area (TPSA) is 78.9 Å². The second-order valence-corrected chi connectivity index (χ2v) is 18.3. The highest BCUT2D eigenvalue weighted by molar-refractivity contribution is 5.71. The molecule has 0 spiro atoms. The lowest BCUT2D eigenvalue weighted by atomic mass is 10.0. The number of ether oxygens (including phenoxy) is 3. The van der Waals surface area contributed by atoms with E-state index in [1.54, 1.807) is 0 Å². The number of unbranched alkanes of at least 4 members (excludes halogenated alkanes) is 30. The van der Waals surface area contributed by atoms with E-state index in [0.29, 0.717) is 19.3 Å². The molecule has 0 aromatic carbocycles. The van der Waals surface area contributed by atoms with Crippen molar-refractivity contribution in [2.24, 2.45) is 0 Å². The Bertz CT molecular complexity index is 1290. The van der Waals surface area contributed by atoms with Crippen LogP contribution in [0.15, 0.2) is 85.1 Å². The molecule has 0 aliphatic rings. The predicted molar refractivity (Wildman–Crippen MR) is 284 cm³/mol. The summed E-state index contributed by atoms with van der Waals surface area (Å²) in [5.41, 5.74) is 0. The maximum absolute atomic E-state index is 12.8. The third-order valence-corrected chi connectivity index (χ3v) is 11.9. The van der Waals surface area contributed by atoms with Crippen LogP contribution < -0.4 is 0 Å². The van der Waals surface area contributed by atoms with Crippen LogP contribution >= 0.6 is 0 Å². The molecule has 0 heterocycles. The number of carbonyl (C=O) groups is 3. The van der Waals surface area contributed by atoms with Gasteiger partial charge in [0.2, 0.25) is 0 Å². The van der Waals surface area contributed by atoms with Crippen LogP contribution in [0, 0.1) is 0 Å². The maximum atomic E-state index is 12.8. The molecule has 378 valence electrons. The molecule has 0 saturated carbocycles. The number of hydrogen-bond acceptors (Lipinski definition) is 6. The van der Waals surface area contributed by atoms with Crippen LogP contribution in [0.2, 0.25) is 0 Å². The van der Waals surface area contributed by atoms with E-state index < -0.39 is 6.10 Å². The van der Waals surface area contributed by atoms with Crippen molar-refractivity contribution in [1.29, 1.82) is 0 Å². The summed E-state index contributed by atoms with van der Waals surface area (Å²) in [6.45, 7) is 6.47. The first kappa shape index (κ1) is 62.6. The van der Waals surface area contributed by atoms with E-state index in [0.717, 1.165) is 70.6 Å². The van der Waals surface area contributed by atoms with Gasteiger partial charge in [-0.2, -0.15) is 0 Å². The minimum Gasteiger partial charge on any atom is -0.462 e. The van der Waals surface area contributed by atoms with Gasteiger partial charge in [0, 0.05) is 19.3 Å². The van der Waals surface area contributed by atoms with Gasteiger partial charge in [-0.25, -0.2) is 0 Å². The first-order chi connectivity index (χ1) is 32.5. The van der Waals surface area contributed by atoms with E-state index in [-0.39, 0.29) is 31.1 Å². The molecule has 6 nitrogen and oxygen atoms in total. The Kier molecular flexibility index (Phi) is 51.4. The molecule has 66 heavy (non-hydrogen) atoms. The van der Waals surface area contributed by atoms with Gasteiger partial charge in [0.25, 0.3) is 0 Å². The molecule has 0 bridgehead atoms. The lowest BCUT2D eigenvalue weighted by molar-refractivity contribution is -0.167. The predicted octanol–water partition coefficient (Wildman–Crippen LogP) is 18.4. The lowest BCUT2D eigenvalue weighted by Crippen LogP contribution is -2.30. The van der Waals surface area contributed by atoms with E-state index >= 15 is 0 Å². The standard InChI is InChI=1S/C60H102O6/c1-4-7-10-13-16-19-22-24-26-28-30-32-33-35-38-41-44-47-50-53-59(62)65-56-57(55-64-58(61)52-49-46-43-40-37-21-18-15-12-9-6-3)66-60(63)54-51-48-45-42-39-36-34-31-29-27-25-23-20-17-14-11-8-5-2/h7,10,13,16,19,22,24,26,28,30,32-33,35,38,57H,4-6,8-9,11-12,14-15,17-18,20-21,23,25,27,29,31,34,36-37,39-56H2,1-3H3/b10-7-,16-13-,22-19-,26-24-,30-28+,33-32-,38-35-. The van der Waals surface area contributed by atoms with Crippen molar-refractivity contribution in [1.82, 2.24) is 0 Å². The smallest absolute Gasteiger partial charge is 0.306 e. The molecule has 0 saturated heterocycles. The Hall–Kier alpha value is -3.41. The minimum absolute atomic E-state index is 0.0884. The molecule has 0 aliphatic carbocycles. The van der Waals surface area contributed by atoms with E-state index in [9.17, 15) is 14.4 Å². The molecular formula is C60H102O6. The lowest BCUT2D eigenvalue weighted by Gasteiger charge is -2.18. The maximum Gasteiger partial charge on any atom is 0.306 e. The number of hydrogen-bond donors (Lipinski definition) is 0. The van der Waals surface area contributed by atoms with E-state index in [2.05, 4.69) is 32.9 Å². The van der Waals surface area contributed by atoms with Crippen LogP contribution in [0.4, 0.5) is 0 Å². The summed E-state index contributed by atoms with van der Waals surface area (Å²) >= 11 is 0. The summed E-state index contributed by atoms with van der Waals surface area (Å²) in [7, 11) is 0. The zero-order valence-electron chi connectivity index (χ0n) is 43.2.